The van der Waals surface area contributed by atoms with Gasteiger partial charge in [0.15, 0.2) is 0 Å². The molecule has 4 nitrogen and oxygen atoms in total. The van der Waals surface area contributed by atoms with Gasteiger partial charge in [-0.15, -0.1) is 11.3 Å². The topological polar surface area (TPSA) is 46.1 Å². The normalized spacial score (nSPS) is 17.8. The van der Waals surface area contributed by atoms with E-state index in [2.05, 4.69) is 14.9 Å². The van der Waals surface area contributed by atoms with Crippen molar-refractivity contribution in [1.29, 1.82) is 0 Å². The number of hydrogen-bond acceptors (Lipinski definition) is 5. The summed E-state index contributed by atoms with van der Waals surface area (Å²) in [6.45, 7) is 1.54. The van der Waals surface area contributed by atoms with Crippen LogP contribution in [0.3, 0.4) is 0 Å². The van der Waals surface area contributed by atoms with Gasteiger partial charge in [-0.25, -0.2) is 4.98 Å². The highest BCUT2D eigenvalue weighted by Gasteiger charge is 2.19. The molecule has 0 aliphatic carbocycles. The molecule has 0 amide bonds. The molecular weight excluding hydrogens is 278 g/mol. The number of nitrogens with zero attached hydrogens (tertiary/aromatic N) is 3. The molecule has 1 aliphatic heterocycles. The molecule has 0 spiro atoms. The molecule has 0 radical (unpaired) electrons. The van der Waals surface area contributed by atoms with Gasteiger partial charge in [-0.2, -0.15) is 4.98 Å². The summed E-state index contributed by atoms with van der Waals surface area (Å²) in [4.78, 5) is 11.6. The van der Waals surface area contributed by atoms with E-state index in [1.807, 2.05) is 11.4 Å². The molecule has 0 atom stereocenters. The van der Waals surface area contributed by atoms with Crippen molar-refractivity contribution in [2.75, 3.05) is 29.5 Å². The SMILES string of the molecule is O=S1CCN(c2nc(Cl)nc3sccc23)CC1. The minimum Gasteiger partial charge on any atom is -0.354 e. The third-order valence-corrected chi connectivity index (χ3v) is 5.01. The molecule has 7 heteroatoms. The van der Waals surface area contributed by atoms with E-state index in [0.29, 0.717) is 11.5 Å². The second-order valence-corrected chi connectivity index (χ2v) is 6.72. The third-order valence-electron chi connectivity index (χ3n) is 2.75. The van der Waals surface area contributed by atoms with Crippen molar-refractivity contribution in [3.8, 4) is 0 Å². The summed E-state index contributed by atoms with van der Waals surface area (Å²) in [6, 6.07) is 2.01. The molecule has 0 aromatic carbocycles. The van der Waals surface area contributed by atoms with Gasteiger partial charge in [-0.3, -0.25) is 4.21 Å². The summed E-state index contributed by atoms with van der Waals surface area (Å²) in [5, 5.41) is 3.30. The molecule has 0 unspecified atom stereocenters. The lowest BCUT2D eigenvalue weighted by Crippen LogP contribution is -2.38. The zero-order valence-electron chi connectivity index (χ0n) is 8.93. The zero-order valence-corrected chi connectivity index (χ0v) is 11.3. The zero-order chi connectivity index (χ0) is 11.8. The number of hydrogen-bond donors (Lipinski definition) is 0. The van der Waals surface area contributed by atoms with Gasteiger partial charge < -0.3 is 4.90 Å². The van der Waals surface area contributed by atoms with Crippen molar-refractivity contribution >= 4 is 49.8 Å². The number of thiophene rings is 1. The minimum absolute atomic E-state index is 0.279. The van der Waals surface area contributed by atoms with Gasteiger partial charge in [0.2, 0.25) is 5.28 Å². The first-order valence-corrected chi connectivity index (χ1v) is 7.99. The molecule has 3 rings (SSSR count). The molecule has 17 heavy (non-hydrogen) atoms. The summed E-state index contributed by atoms with van der Waals surface area (Å²) in [7, 11) is -0.680. The van der Waals surface area contributed by atoms with Gasteiger partial charge in [-0.05, 0) is 23.0 Å². The Bertz CT molecular complexity index is 576. The molecule has 0 N–H and O–H groups in total. The summed E-state index contributed by atoms with van der Waals surface area (Å²) in [5.41, 5.74) is 0. The Labute approximate surface area is 110 Å². The molecule has 1 saturated heterocycles. The first-order chi connectivity index (χ1) is 8.24. The monoisotopic (exact) mass is 287 g/mol. The van der Waals surface area contributed by atoms with Crippen LogP contribution in [0.1, 0.15) is 0 Å². The average Bonchev–Trinajstić information content (AvgIpc) is 2.77. The van der Waals surface area contributed by atoms with Gasteiger partial charge in [-0.1, -0.05) is 0 Å². The smallest absolute Gasteiger partial charge is 0.225 e. The average molecular weight is 288 g/mol. The van der Waals surface area contributed by atoms with Gasteiger partial charge in [0, 0.05) is 35.4 Å². The summed E-state index contributed by atoms with van der Waals surface area (Å²) in [5.74, 6) is 2.28. The number of anilines is 1. The second kappa shape index (κ2) is 4.51. The van der Waals surface area contributed by atoms with E-state index >= 15 is 0 Å². The van der Waals surface area contributed by atoms with Crippen LogP contribution in [0.2, 0.25) is 5.28 Å². The second-order valence-electron chi connectivity index (χ2n) is 3.79. The van der Waals surface area contributed by atoms with Crippen molar-refractivity contribution in [2.45, 2.75) is 0 Å². The van der Waals surface area contributed by atoms with E-state index in [1.54, 1.807) is 11.3 Å². The molecule has 2 aromatic heterocycles. The molecule has 2 aromatic rings. The van der Waals surface area contributed by atoms with Crippen LogP contribution >= 0.6 is 22.9 Å². The lowest BCUT2D eigenvalue weighted by Gasteiger charge is -2.27. The fraction of sp³-hybridized carbons (Fsp3) is 0.400. The number of fused-ring (bicyclic) bond motifs is 1. The molecule has 1 fully saturated rings. The first kappa shape index (κ1) is 11.4. The number of aromatic nitrogens is 2. The predicted molar refractivity (Wildman–Crippen MR) is 72.5 cm³/mol. The Balaban J connectivity index is 2.04. The fourth-order valence-corrected chi connectivity index (χ4v) is 3.93. The minimum atomic E-state index is -0.680. The van der Waals surface area contributed by atoms with Crippen molar-refractivity contribution in [3.63, 3.8) is 0 Å². The Hall–Kier alpha value is -0.720. The van der Waals surface area contributed by atoms with Crippen LogP contribution in [0.5, 0.6) is 0 Å². The highest BCUT2D eigenvalue weighted by Crippen LogP contribution is 2.29. The van der Waals surface area contributed by atoms with Crippen molar-refractivity contribution < 1.29 is 4.21 Å². The Morgan fingerprint density at radius 2 is 2.12 bits per heavy atom. The quantitative estimate of drug-likeness (QED) is 0.752. The predicted octanol–water partition coefficient (Wildman–Crippen LogP) is 1.91. The van der Waals surface area contributed by atoms with Crippen LogP contribution in [0.15, 0.2) is 11.4 Å². The molecule has 1 aliphatic rings. The molecule has 90 valence electrons. The van der Waals surface area contributed by atoms with Crippen molar-refractivity contribution in [3.05, 3.63) is 16.7 Å². The summed E-state index contributed by atoms with van der Waals surface area (Å²) < 4.78 is 11.3. The highest BCUT2D eigenvalue weighted by molar-refractivity contribution is 7.85. The van der Waals surface area contributed by atoms with E-state index in [0.717, 1.165) is 29.1 Å². The number of rotatable bonds is 1. The molecule has 0 bridgehead atoms. The summed E-state index contributed by atoms with van der Waals surface area (Å²) in [6.07, 6.45) is 0. The first-order valence-electron chi connectivity index (χ1n) is 5.25. The van der Waals surface area contributed by atoms with Crippen LogP contribution in [0.25, 0.3) is 10.2 Å². The maximum Gasteiger partial charge on any atom is 0.225 e. The van der Waals surface area contributed by atoms with Crippen LogP contribution < -0.4 is 4.90 Å². The van der Waals surface area contributed by atoms with Gasteiger partial charge >= 0.3 is 0 Å². The largest absolute Gasteiger partial charge is 0.354 e. The Morgan fingerprint density at radius 3 is 2.88 bits per heavy atom. The van der Waals surface area contributed by atoms with E-state index in [1.165, 1.54) is 0 Å². The van der Waals surface area contributed by atoms with Crippen LogP contribution in [-0.4, -0.2) is 38.8 Å². The fourth-order valence-electron chi connectivity index (χ4n) is 1.91. The maximum absolute atomic E-state index is 11.3. The Morgan fingerprint density at radius 1 is 1.35 bits per heavy atom. The maximum atomic E-state index is 11.3. The van der Waals surface area contributed by atoms with E-state index in [4.69, 9.17) is 11.6 Å². The van der Waals surface area contributed by atoms with Crippen LogP contribution in [0.4, 0.5) is 5.82 Å². The summed E-state index contributed by atoms with van der Waals surface area (Å²) >= 11 is 7.48. The van der Waals surface area contributed by atoms with E-state index in [-0.39, 0.29) is 5.28 Å². The lowest BCUT2D eigenvalue weighted by molar-refractivity contribution is 0.672. The number of halogens is 1. The van der Waals surface area contributed by atoms with Crippen molar-refractivity contribution in [1.82, 2.24) is 9.97 Å². The third kappa shape index (κ3) is 2.17. The lowest BCUT2D eigenvalue weighted by atomic mass is 10.3. The standard InChI is InChI=1S/C10H10ClN3OS2/c11-10-12-8(7-1-4-16-9(7)13-10)14-2-5-17(15)6-3-14/h1,4H,2-3,5-6H2. The van der Waals surface area contributed by atoms with Gasteiger partial charge in [0.1, 0.15) is 10.6 Å². The van der Waals surface area contributed by atoms with Crippen LogP contribution in [-0.2, 0) is 10.8 Å². The van der Waals surface area contributed by atoms with E-state index in [9.17, 15) is 4.21 Å². The highest BCUT2D eigenvalue weighted by atomic mass is 35.5. The van der Waals surface area contributed by atoms with Gasteiger partial charge in [0.25, 0.3) is 0 Å². The van der Waals surface area contributed by atoms with Gasteiger partial charge in [0.05, 0.1) is 5.39 Å². The van der Waals surface area contributed by atoms with E-state index < -0.39 is 10.8 Å². The van der Waals surface area contributed by atoms with Crippen LogP contribution in [0, 0.1) is 0 Å². The molecular formula is C10H10ClN3OS2. The Kier molecular flexibility index (Phi) is 3.02. The molecule has 0 saturated carbocycles. The molecule has 3 heterocycles. The van der Waals surface area contributed by atoms with Crippen molar-refractivity contribution in [2.24, 2.45) is 0 Å².